The second kappa shape index (κ2) is 6.18. The molecule has 0 aliphatic rings. The number of nitrogens with one attached hydrogen (secondary N) is 1. The summed E-state index contributed by atoms with van der Waals surface area (Å²) in [5.74, 6) is -0.194. The first-order valence-electron chi connectivity index (χ1n) is 6.27. The summed E-state index contributed by atoms with van der Waals surface area (Å²) >= 11 is 0. The predicted molar refractivity (Wildman–Crippen MR) is 73.1 cm³/mol. The monoisotopic (exact) mass is 277 g/mol. The minimum atomic E-state index is -0.345. The van der Waals surface area contributed by atoms with Gasteiger partial charge in [-0.15, -0.1) is 0 Å². The van der Waals surface area contributed by atoms with Crippen LogP contribution in [0.1, 0.15) is 19.9 Å². The number of hydrogen-bond donors (Lipinski definition) is 1. The summed E-state index contributed by atoms with van der Waals surface area (Å²) in [7, 11) is 0. The summed E-state index contributed by atoms with van der Waals surface area (Å²) in [4.78, 5) is 11.7. The van der Waals surface area contributed by atoms with E-state index < -0.39 is 0 Å². The molecule has 20 heavy (non-hydrogen) atoms. The molecule has 0 aliphatic heterocycles. The fourth-order valence-corrected chi connectivity index (χ4v) is 1.56. The SMILES string of the molecule is CC(C)n1cc(NC(=O)COc2ccc(F)cc2)cn1. The quantitative estimate of drug-likeness (QED) is 0.914. The van der Waals surface area contributed by atoms with Crippen molar-refractivity contribution in [2.24, 2.45) is 0 Å². The molecule has 1 amide bonds. The van der Waals surface area contributed by atoms with Crippen molar-refractivity contribution in [1.82, 2.24) is 9.78 Å². The molecule has 5 nitrogen and oxygen atoms in total. The summed E-state index contributed by atoms with van der Waals surface area (Å²) in [6.45, 7) is 3.85. The van der Waals surface area contributed by atoms with Gasteiger partial charge in [0.15, 0.2) is 6.61 Å². The van der Waals surface area contributed by atoms with Crippen LogP contribution < -0.4 is 10.1 Å². The number of benzene rings is 1. The van der Waals surface area contributed by atoms with Gasteiger partial charge in [0.25, 0.3) is 5.91 Å². The lowest BCUT2D eigenvalue weighted by Gasteiger charge is -2.06. The third-order valence-electron chi connectivity index (χ3n) is 2.60. The van der Waals surface area contributed by atoms with Gasteiger partial charge in [0.05, 0.1) is 11.9 Å². The Balaban J connectivity index is 1.84. The Morgan fingerprint density at radius 3 is 2.70 bits per heavy atom. The minimum Gasteiger partial charge on any atom is -0.484 e. The Hall–Kier alpha value is -2.37. The van der Waals surface area contributed by atoms with Gasteiger partial charge < -0.3 is 10.1 Å². The van der Waals surface area contributed by atoms with Gasteiger partial charge in [-0.05, 0) is 38.1 Å². The number of anilines is 1. The average molecular weight is 277 g/mol. The zero-order chi connectivity index (χ0) is 14.5. The first-order valence-corrected chi connectivity index (χ1v) is 6.27. The molecular weight excluding hydrogens is 261 g/mol. The molecule has 0 atom stereocenters. The maximum Gasteiger partial charge on any atom is 0.262 e. The third-order valence-corrected chi connectivity index (χ3v) is 2.60. The molecule has 1 aromatic carbocycles. The molecule has 1 heterocycles. The van der Waals surface area contributed by atoms with Gasteiger partial charge in [-0.2, -0.15) is 5.10 Å². The van der Waals surface area contributed by atoms with Crippen molar-refractivity contribution in [3.8, 4) is 5.75 Å². The molecule has 0 aliphatic carbocycles. The van der Waals surface area contributed by atoms with E-state index in [1.807, 2.05) is 13.8 Å². The standard InChI is InChI=1S/C14H16FN3O2/c1-10(2)18-8-12(7-16-18)17-14(19)9-20-13-5-3-11(15)4-6-13/h3-8,10H,9H2,1-2H3,(H,17,19). The van der Waals surface area contributed by atoms with Crippen LogP contribution in [0.5, 0.6) is 5.75 Å². The number of carbonyl (C=O) groups excluding carboxylic acids is 1. The fraction of sp³-hybridized carbons (Fsp3) is 0.286. The maximum atomic E-state index is 12.7. The van der Waals surface area contributed by atoms with Gasteiger partial charge in [-0.1, -0.05) is 0 Å². The molecule has 0 bridgehead atoms. The van der Waals surface area contributed by atoms with Crippen molar-refractivity contribution >= 4 is 11.6 Å². The zero-order valence-corrected chi connectivity index (χ0v) is 11.3. The van der Waals surface area contributed by atoms with Crippen LogP contribution in [0, 0.1) is 5.82 Å². The molecule has 1 N–H and O–H groups in total. The van der Waals surface area contributed by atoms with Crippen LogP contribution in [0.3, 0.4) is 0 Å². The van der Waals surface area contributed by atoms with Gasteiger partial charge in [0.2, 0.25) is 0 Å². The summed E-state index contributed by atoms with van der Waals surface area (Å²) in [6, 6.07) is 5.73. The van der Waals surface area contributed by atoms with E-state index in [0.717, 1.165) is 0 Å². The topological polar surface area (TPSA) is 56.2 Å². The van der Waals surface area contributed by atoms with Crippen molar-refractivity contribution in [2.75, 3.05) is 11.9 Å². The number of ether oxygens (including phenoxy) is 1. The minimum absolute atomic E-state index is 0.140. The smallest absolute Gasteiger partial charge is 0.262 e. The molecule has 0 saturated carbocycles. The van der Waals surface area contributed by atoms with E-state index in [1.165, 1.54) is 24.3 Å². The summed E-state index contributed by atoms with van der Waals surface area (Å²) in [6.07, 6.45) is 3.33. The van der Waals surface area contributed by atoms with Gasteiger partial charge in [-0.25, -0.2) is 4.39 Å². The van der Waals surface area contributed by atoms with Crippen molar-refractivity contribution in [3.05, 3.63) is 42.5 Å². The van der Waals surface area contributed by atoms with E-state index >= 15 is 0 Å². The second-order valence-electron chi connectivity index (χ2n) is 4.59. The number of aromatic nitrogens is 2. The Morgan fingerprint density at radius 2 is 2.10 bits per heavy atom. The molecule has 106 valence electrons. The van der Waals surface area contributed by atoms with Gasteiger partial charge >= 0.3 is 0 Å². The van der Waals surface area contributed by atoms with Gasteiger partial charge in [0.1, 0.15) is 11.6 Å². The lowest BCUT2D eigenvalue weighted by Crippen LogP contribution is -2.19. The van der Waals surface area contributed by atoms with Crippen LogP contribution in [0.2, 0.25) is 0 Å². The largest absolute Gasteiger partial charge is 0.484 e. The Kier molecular flexibility index (Phi) is 4.34. The van der Waals surface area contributed by atoms with E-state index in [4.69, 9.17) is 4.74 Å². The molecule has 0 spiro atoms. The highest BCUT2D eigenvalue weighted by Gasteiger charge is 2.07. The van der Waals surface area contributed by atoms with Crippen molar-refractivity contribution in [2.45, 2.75) is 19.9 Å². The number of hydrogen-bond acceptors (Lipinski definition) is 3. The molecule has 2 aromatic rings. The van der Waals surface area contributed by atoms with Crippen LogP contribution in [0.4, 0.5) is 10.1 Å². The van der Waals surface area contributed by atoms with Gasteiger partial charge in [0, 0.05) is 12.2 Å². The van der Waals surface area contributed by atoms with Crippen LogP contribution in [-0.4, -0.2) is 22.3 Å². The zero-order valence-electron chi connectivity index (χ0n) is 11.3. The van der Waals surface area contributed by atoms with Crippen LogP contribution in [0.25, 0.3) is 0 Å². The summed E-state index contributed by atoms with van der Waals surface area (Å²) in [5, 5.41) is 6.79. The summed E-state index contributed by atoms with van der Waals surface area (Å²) < 4.78 is 19.7. The Bertz CT molecular complexity index is 578. The lowest BCUT2D eigenvalue weighted by molar-refractivity contribution is -0.118. The van der Waals surface area contributed by atoms with Crippen LogP contribution in [-0.2, 0) is 4.79 Å². The van der Waals surface area contributed by atoms with E-state index in [2.05, 4.69) is 10.4 Å². The normalized spacial score (nSPS) is 10.6. The Labute approximate surface area is 116 Å². The highest BCUT2D eigenvalue weighted by Crippen LogP contribution is 2.12. The first kappa shape index (κ1) is 14.0. The molecule has 6 heteroatoms. The van der Waals surface area contributed by atoms with Crippen molar-refractivity contribution in [3.63, 3.8) is 0 Å². The van der Waals surface area contributed by atoms with E-state index in [9.17, 15) is 9.18 Å². The molecule has 2 rings (SSSR count). The van der Waals surface area contributed by atoms with Gasteiger partial charge in [-0.3, -0.25) is 9.48 Å². The second-order valence-corrected chi connectivity index (χ2v) is 4.59. The van der Waals surface area contributed by atoms with Crippen molar-refractivity contribution < 1.29 is 13.9 Å². The van der Waals surface area contributed by atoms with E-state index in [-0.39, 0.29) is 24.4 Å². The van der Waals surface area contributed by atoms with Crippen LogP contribution in [0.15, 0.2) is 36.7 Å². The fourth-order valence-electron chi connectivity index (χ4n) is 1.56. The molecular formula is C14H16FN3O2. The molecule has 0 fully saturated rings. The number of nitrogens with zero attached hydrogens (tertiary/aromatic N) is 2. The number of carbonyl (C=O) groups is 1. The highest BCUT2D eigenvalue weighted by molar-refractivity contribution is 5.91. The average Bonchev–Trinajstić information content (AvgIpc) is 2.87. The first-order chi connectivity index (χ1) is 9.54. The number of amides is 1. The molecule has 1 aromatic heterocycles. The number of halogens is 1. The molecule has 0 saturated heterocycles. The van der Waals surface area contributed by atoms with Crippen LogP contribution >= 0.6 is 0 Å². The predicted octanol–water partition coefficient (Wildman–Crippen LogP) is 2.62. The van der Waals surface area contributed by atoms with E-state index in [1.54, 1.807) is 17.1 Å². The van der Waals surface area contributed by atoms with Crippen molar-refractivity contribution in [1.29, 1.82) is 0 Å². The number of rotatable bonds is 5. The highest BCUT2D eigenvalue weighted by atomic mass is 19.1. The third kappa shape index (κ3) is 3.81. The lowest BCUT2D eigenvalue weighted by atomic mass is 10.3. The van der Waals surface area contributed by atoms with E-state index in [0.29, 0.717) is 11.4 Å². The summed E-state index contributed by atoms with van der Waals surface area (Å²) in [5.41, 5.74) is 0.617. The molecule has 0 radical (unpaired) electrons. The molecule has 0 unspecified atom stereocenters. The maximum absolute atomic E-state index is 12.7. The Morgan fingerprint density at radius 1 is 1.40 bits per heavy atom.